The van der Waals surface area contributed by atoms with Crippen LogP contribution in [0.15, 0.2) is 34.9 Å². The Bertz CT molecular complexity index is 525. The molecular weight excluding hydrogens is 256 g/mol. The van der Waals surface area contributed by atoms with E-state index in [1.54, 1.807) is 6.20 Å². The van der Waals surface area contributed by atoms with Crippen molar-refractivity contribution in [3.63, 3.8) is 0 Å². The van der Waals surface area contributed by atoms with Crippen LogP contribution in [0, 0.1) is 0 Å². The quantitative estimate of drug-likeness (QED) is 0.846. The monoisotopic (exact) mass is 264 g/mol. The van der Waals surface area contributed by atoms with Gasteiger partial charge in [-0.3, -0.25) is 9.78 Å². The number of nitrogens with zero attached hydrogens (tertiary/aromatic N) is 1. The minimum absolute atomic E-state index is 0.0151. The van der Waals surface area contributed by atoms with Gasteiger partial charge in [-0.05, 0) is 28.1 Å². The lowest BCUT2D eigenvalue weighted by molar-refractivity contribution is 0.100. The molecule has 0 fully saturated rings. The van der Waals surface area contributed by atoms with Crippen molar-refractivity contribution >= 4 is 32.6 Å². The number of hydrogen-bond acceptors (Lipinski definition) is 3. The summed E-state index contributed by atoms with van der Waals surface area (Å²) in [5, 5.41) is 0.934. The van der Waals surface area contributed by atoms with Crippen molar-refractivity contribution < 1.29 is 4.79 Å². The van der Waals surface area contributed by atoms with Gasteiger partial charge in [-0.25, -0.2) is 0 Å². The molecule has 0 saturated heterocycles. The van der Waals surface area contributed by atoms with Crippen molar-refractivity contribution in [1.29, 1.82) is 0 Å². The summed E-state index contributed by atoms with van der Waals surface area (Å²) in [6.45, 7) is 0.0151. The van der Waals surface area contributed by atoms with Gasteiger partial charge in [0.25, 0.3) is 0 Å². The van der Waals surface area contributed by atoms with Crippen LogP contribution in [0.25, 0.3) is 10.9 Å². The fraction of sp³-hybridized carbons (Fsp3) is 0.0909. The Morgan fingerprint density at radius 1 is 1.47 bits per heavy atom. The third kappa shape index (κ3) is 1.91. The van der Waals surface area contributed by atoms with Gasteiger partial charge in [0, 0.05) is 21.6 Å². The zero-order chi connectivity index (χ0) is 10.8. The van der Waals surface area contributed by atoms with Crippen molar-refractivity contribution in [2.45, 2.75) is 0 Å². The fourth-order valence-corrected chi connectivity index (χ4v) is 1.88. The number of Topliss-reactive ketones (excluding diaryl/α,β-unsaturated/α-hetero) is 1. The van der Waals surface area contributed by atoms with Crippen LogP contribution in [-0.2, 0) is 0 Å². The van der Waals surface area contributed by atoms with Crippen molar-refractivity contribution in [2.75, 3.05) is 6.54 Å². The Kier molecular flexibility index (Phi) is 2.79. The first kappa shape index (κ1) is 10.3. The first-order chi connectivity index (χ1) is 7.22. The largest absolute Gasteiger partial charge is 0.324 e. The predicted octanol–water partition coefficient (Wildman–Crippen LogP) is 2.14. The molecule has 4 heteroatoms. The lowest BCUT2D eigenvalue weighted by atomic mass is 10.1. The molecule has 0 aliphatic rings. The van der Waals surface area contributed by atoms with Crippen LogP contribution >= 0.6 is 15.9 Å². The number of ketones is 1. The maximum absolute atomic E-state index is 11.4. The second-order valence-corrected chi connectivity index (χ2v) is 4.02. The summed E-state index contributed by atoms with van der Waals surface area (Å²) < 4.78 is 0.923. The summed E-state index contributed by atoms with van der Waals surface area (Å²) in [7, 11) is 0. The molecule has 15 heavy (non-hydrogen) atoms. The number of para-hydroxylation sites is 1. The molecule has 0 bridgehead atoms. The molecule has 1 aromatic heterocycles. The van der Waals surface area contributed by atoms with E-state index >= 15 is 0 Å². The van der Waals surface area contributed by atoms with Crippen LogP contribution in [0.4, 0.5) is 0 Å². The molecule has 0 radical (unpaired) electrons. The lowest BCUT2D eigenvalue weighted by Crippen LogP contribution is -2.13. The van der Waals surface area contributed by atoms with Crippen molar-refractivity contribution in [1.82, 2.24) is 4.98 Å². The highest BCUT2D eigenvalue weighted by Gasteiger charge is 2.06. The van der Waals surface area contributed by atoms with Crippen LogP contribution in [-0.4, -0.2) is 17.3 Å². The summed E-state index contributed by atoms with van der Waals surface area (Å²) in [5.41, 5.74) is 6.70. The number of aromatic nitrogens is 1. The van der Waals surface area contributed by atoms with Gasteiger partial charge in [-0.2, -0.15) is 0 Å². The molecule has 76 valence electrons. The highest BCUT2D eigenvalue weighted by atomic mass is 79.9. The van der Waals surface area contributed by atoms with Crippen LogP contribution in [0.3, 0.4) is 0 Å². The molecule has 0 aliphatic carbocycles. The molecule has 3 nitrogen and oxygen atoms in total. The third-order valence-electron chi connectivity index (χ3n) is 2.17. The number of rotatable bonds is 2. The summed E-state index contributed by atoms with van der Waals surface area (Å²) >= 11 is 3.40. The van der Waals surface area contributed by atoms with Gasteiger partial charge < -0.3 is 5.73 Å². The van der Waals surface area contributed by atoms with E-state index in [0.29, 0.717) is 5.56 Å². The second-order valence-electron chi connectivity index (χ2n) is 3.16. The first-order valence-electron chi connectivity index (χ1n) is 4.50. The molecule has 0 atom stereocenters. The van der Waals surface area contributed by atoms with Crippen LogP contribution in [0.2, 0.25) is 0 Å². The molecule has 0 aliphatic heterocycles. The van der Waals surface area contributed by atoms with E-state index in [2.05, 4.69) is 20.9 Å². The zero-order valence-electron chi connectivity index (χ0n) is 7.90. The van der Waals surface area contributed by atoms with Gasteiger partial charge in [0.05, 0.1) is 12.1 Å². The average Bonchev–Trinajstić information content (AvgIpc) is 2.28. The minimum atomic E-state index is -0.0932. The molecule has 0 unspecified atom stereocenters. The second kappa shape index (κ2) is 4.08. The maximum atomic E-state index is 11.4. The Labute approximate surface area is 95.4 Å². The Balaban J connectivity index is 2.62. The van der Waals surface area contributed by atoms with E-state index in [1.807, 2.05) is 24.3 Å². The van der Waals surface area contributed by atoms with Crippen LogP contribution in [0.1, 0.15) is 10.4 Å². The number of carbonyl (C=O) groups excluding carboxylic acids is 1. The van der Waals surface area contributed by atoms with Gasteiger partial charge in [-0.1, -0.05) is 12.1 Å². The number of nitrogens with two attached hydrogens (primary N) is 1. The van der Waals surface area contributed by atoms with Crippen molar-refractivity contribution in [3.05, 3.63) is 40.5 Å². The normalized spacial score (nSPS) is 10.5. The van der Waals surface area contributed by atoms with Crippen LogP contribution in [0.5, 0.6) is 0 Å². The number of halogens is 1. The minimum Gasteiger partial charge on any atom is -0.324 e. The molecule has 2 aromatic rings. The van der Waals surface area contributed by atoms with E-state index in [-0.39, 0.29) is 12.3 Å². The topological polar surface area (TPSA) is 56.0 Å². The van der Waals surface area contributed by atoms with Gasteiger partial charge in [0.2, 0.25) is 0 Å². The smallest absolute Gasteiger partial charge is 0.177 e. The number of benzene rings is 1. The van der Waals surface area contributed by atoms with Crippen molar-refractivity contribution in [2.24, 2.45) is 5.73 Å². The van der Waals surface area contributed by atoms with E-state index in [4.69, 9.17) is 5.73 Å². The van der Waals surface area contributed by atoms with Gasteiger partial charge >= 0.3 is 0 Å². The van der Waals surface area contributed by atoms with E-state index in [1.165, 1.54) is 0 Å². The number of pyridine rings is 1. The molecule has 2 N–H and O–H groups in total. The summed E-state index contributed by atoms with van der Waals surface area (Å²) in [6.07, 6.45) is 1.56. The molecule has 1 aromatic carbocycles. The Morgan fingerprint density at radius 2 is 2.27 bits per heavy atom. The van der Waals surface area contributed by atoms with Gasteiger partial charge in [-0.15, -0.1) is 0 Å². The molecule has 0 amide bonds. The SMILES string of the molecule is NCC(=O)c1cnc2c(Br)cccc2c1. The maximum Gasteiger partial charge on any atom is 0.177 e. The van der Waals surface area contributed by atoms with E-state index < -0.39 is 0 Å². The van der Waals surface area contributed by atoms with Gasteiger partial charge in [0.1, 0.15) is 0 Å². The molecule has 0 saturated carbocycles. The van der Waals surface area contributed by atoms with E-state index in [9.17, 15) is 4.79 Å². The highest BCUT2D eigenvalue weighted by Crippen LogP contribution is 2.22. The van der Waals surface area contributed by atoms with E-state index in [0.717, 1.165) is 15.4 Å². The predicted molar refractivity (Wildman–Crippen MR) is 62.8 cm³/mol. The van der Waals surface area contributed by atoms with Gasteiger partial charge in [0.15, 0.2) is 5.78 Å². The van der Waals surface area contributed by atoms with Crippen LogP contribution < -0.4 is 5.73 Å². The molecule has 0 spiro atoms. The standard InChI is InChI=1S/C11H9BrN2O/c12-9-3-1-2-7-4-8(10(15)5-13)6-14-11(7)9/h1-4,6H,5,13H2. The molecular formula is C11H9BrN2O. The Hall–Kier alpha value is -1.26. The third-order valence-corrected chi connectivity index (χ3v) is 2.81. The highest BCUT2D eigenvalue weighted by molar-refractivity contribution is 9.10. The number of hydrogen-bond donors (Lipinski definition) is 1. The number of fused-ring (bicyclic) bond motifs is 1. The number of carbonyl (C=O) groups is 1. The average molecular weight is 265 g/mol. The summed E-state index contributed by atoms with van der Waals surface area (Å²) in [4.78, 5) is 15.6. The summed E-state index contributed by atoms with van der Waals surface area (Å²) in [5.74, 6) is -0.0932. The first-order valence-corrected chi connectivity index (χ1v) is 5.29. The fourth-order valence-electron chi connectivity index (χ4n) is 1.39. The zero-order valence-corrected chi connectivity index (χ0v) is 9.49. The molecule has 1 heterocycles. The molecule has 2 rings (SSSR count). The van der Waals surface area contributed by atoms with Crippen molar-refractivity contribution in [3.8, 4) is 0 Å². The summed E-state index contributed by atoms with van der Waals surface area (Å²) in [6, 6.07) is 7.55. The lowest BCUT2D eigenvalue weighted by Gasteiger charge is -2.02. The Morgan fingerprint density at radius 3 is 3.00 bits per heavy atom.